The van der Waals surface area contributed by atoms with Crippen molar-refractivity contribution in [3.63, 3.8) is 0 Å². The third-order valence-electron chi connectivity index (χ3n) is 3.78. The summed E-state index contributed by atoms with van der Waals surface area (Å²) in [5.41, 5.74) is 0.303. The van der Waals surface area contributed by atoms with Gasteiger partial charge in [-0.3, -0.25) is 0 Å². The van der Waals surface area contributed by atoms with E-state index >= 15 is 0 Å². The molecule has 1 heteroatoms. The zero-order valence-electron chi connectivity index (χ0n) is 8.31. The first kappa shape index (κ1) is 8.55. The van der Waals surface area contributed by atoms with E-state index in [0.29, 0.717) is 11.7 Å². The standard InChI is InChI=1S/C11H20O/c1-9-5-3-7-11(9)8-4-6-10(2)12-11/h9-10H,3-8H2,1-2H3/t9-,10-,11+/m0/s1. The van der Waals surface area contributed by atoms with Crippen LogP contribution < -0.4 is 0 Å². The highest BCUT2D eigenvalue weighted by atomic mass is 16.5. The Balaban J connectivity index is 2.08. The molecule has 1 aliphatic carbocycles. The van der Waals surface area contributed by atoms with Crippen molar-refractivity contribution in [1.82, 2.24) is 0 Å². The molecule has 1 nitrogen and oxygen atoms in total. The lowest BCUT2D eigenvalue weighted by atomic mass is 9.84. The largest absolute Gasteiger partial charge is 0.372 e. The molecule has 3 atom stereocenters. The minimum Gasteiger partial charge on any atom is -0.372 e. The van der Waals surface area contributed by atoms with E-state index in [-0.39, 0.29) is 0 Å². The summed E-state index contributed by atoms with van der Waals surface area (Å²) in [6.45, 7) is 4.59. The summed E-state index contributed by atoms with van der Waals surface area (Å²) < 4.78 is 6.15. The van der Waals surface area contributed by atoms with E-state index in [1.54, 1.807) is 0 Å². The fourth-order valence-electron chi connectivity index (χ4n) is 2.97. The molecule has 0 amide bonds. The zero-order valence-corrected chi connectivity index (χ0v) is 8.31. The van der Waals surface area contributed by atoms with Crippen molar-refractivity contribution < 1.29 is 4.74 Å². The molecule has 0 unspecified atom stereocenters. The SMILES string of the molecule is C[C@H]1CCC[C@@]2(CCC[C@@H]2C)O1. The third-order valence-corrected chi connectivity index (χ3v) is 3.78. The molecule has 0 radical (unpaired) electrons. The maximum Gasteiger partial charge on any atom is 0.0711 e. The van der Waals surface area contributed by atoms with Crippen LogP contribution in [0.1, 0.15) is 52.4 Å². The van der Waals surface area contributed by atoms with Gasteiger partial charge in [0.15, 0.2) is 0 Å². The number of rotatable bonds is 0. The number of hydrogen-bond acceptors (Lipinski definition) is 1. The Labute approximate surface area is 75.5 Å². The highest BCUT2D eigenvalue weighted by Crippen LogP contribution is 2.45. The van der Waals surface area contributed by atoms with Gasteiger partial charge in [0.25, 0.3) is 0 Å². The van der Waals surface area contributed by atoms with E-state index in [9.17, 15) is 0 Å². The Kier molecular flexibility index (Phi) is 2.16. The molecule has 1 spiro atoms. The van der Waals surface area contributed by atoms with Crippen LogP contribution in [0.2, 0.25) is 0 Å². The molecule has 0 aromatic carbocycles. The van der Waals surface area contributed by atoms with Crippen molar-refractivity contribution >= 4 is 0 Å². The van der Waals surface area contributed by atoms with Crippen molar-refractivity contribution in [2.24, 2.45) is 5.92 Å². The molecule has 0 aromatic rings. The van der Waals surface area contributed by atoms with Crippen LogP contribution in [-0.4, -0.2) is 11.7 Å². The first-order chi connectivity index (χ1) is 5.73. The summed E-state index contributed by atoms with van der Waals surface area (Å²) >= 11 is 0. The average molecular weight is 168 g/mol. The van der Waals surface area contributed by atoms with Gasteiger partial charge in [-0.15, -0.1) is 0 Å². The van der Waals surface area contributed by atoms with Crippen LogP contribution in [0.25, 0.3) is 0 Å². The molecule has 1 heterocycles. The van der Waals surface area contributed by atoms with E-state index in [0.717, 1.165) is 5.92 Å². The van der Waals surface area contributed by atoms with Crippen LogP contribution >= 0.6 is 0 Å². The first-order valence-corrected chi connectivity index (χ1v) is 5.41. The Morgan fingerprint density at radius 2 is 1.75 bits per heavy atom. The van der Waals surface area contributed by atoms with Crippen molar-refractivity contribution in [3.05, 3.63) is 0 Å². The normalized spacial score (nSPS) is 48.5. The Morgan fingerprint density at radius 1 is 1.08 bits per heavy atom. The lowest BCUT2D eigenvalue weighted by Gasteiger charge is -2.40. The van der Waals surface area contributed by atoms with Crippen molar-refractivity contribution in [2.75, 3.05) is 0 Å². The monoisotopic (exact) mass is 168 g/mol. The lowest BCUT2D eigenvalue weighted by Crippen LogP contribution is -2.41. The second kappa shape index (κ2) is 3.02. The second-order valence-corrected chi connectivity index (χ2v) is 4.68. The van der Waals surface area contributed by atoms with Gasteiger partial charge in [-0.1, -0.05) is 13.3 Å². The van der Waals surface area contributed by atoms with Crippen molar-refractivity contribution in [3.8, 4) is 0 Å². The molecule has 2 aliphatic rings. The van der Waals surface area contributed by atoms with Gasteiger partial charge >= 0.3 is 0 Å². The van der Waals surface area contributed by atoms with Crippen LogP contribution in [0.5, 0.6) is 0 Å². The summed E-state index contributed by atoms with van der Waals surface area (Å²) in [4.78, 5) is 0. The van der Waals surface area contributed by atoms with Crippen LogP contribution in [0.15, 0.2) is 0 Å². The van der Waals surface area contributed by atoms with Crippen LogP contribution in [-0.2, 0) is 4.74 Å². The number of ether oxygens (including phenoxy) is 1. The van der Waals surface area contributed by atoms with E-state index < -0.39 is 0 Å². The van der Waals surface area contributed by atoms with E-state index in [4.69, 9.17) is 4.74 Å². The quantitative estimate of drug-likeness (QED) is 0.540. The van der Waals surface area contributed by atoms with Crippen LogP contribution in [0.3, 0.4) is 0 Å². The van der Waals surface area contributed by atoms with Gasteiger partial charge in [0.1, 0.15) is 0 Å². The van der Waals surface area contributed by atoms with E-state index in [2.05, 4.69) is 13.8 Å². The topological polar surface area (TPSA) is 9.23 Å². The molecule has 0 aromatic heterocycles. The molecule has 2 fully saturated rings. The number of hydrogen-bond donors (Lipinski definition) is 0. The summed E-state index contributed by atoms with van der Waals surface area (Å²) in [6, 6.07) is 0. The summed E-state index contributed by atoms with van der Waals surface area (Å²) in [5, 5.41) is 0. The molecule has 0 bridgehead atoms. The Hall–Kier alpha value is -0.0400. The van der Waals surface area contributed by atoms with Gasteiger partial charge in [-0.05, 0) is 44.9 Å². The zero-order chi connectivity index (χ0) is 8.60. The fourth-order valence-corrected chi connectivity index (χ4v) is 2.97. The molecule has 2 rings (SSSR count). The molecule has 1 aliphatic heterocycles. The fraction of sp³-hybridized carbons (Fsp3) is 1.00. The molecular formula is C11H20O. The third kappa shape index (κ3) is 1.28. The molecule has 70 valence electrons. The Morgan fingerprint density at radius 3 is 2.33 bits per heavy atom. The maximum absolute atomic E-state index is 6.15. The summed E-state index contributed by atoms with van der Waals surface area (Å²) in [7, 11) is 0. The predicted octanol–water partition coefficient (Wildman–Crippen LogP) is 3.13. The lowest BCUT2D eigenvalue weighted by molar-refractivity contribution is -0.138. The highest BCUT2D eigenvalue weighted by Gasteiger charge is 2.43. The van der Waals surface area contributed by atoms with E-state index in [1.165, 1.54) is 38.5 Å². The van der Waals surface area contributed by atoms with Gasteiger partial charge in [-0.2, -0.15) is 0 Å². The maximum atomic E-state index is 6.15. The minimum absolute atomic E-state index is 0.303. The summed E-state index contributed by atoms with van der Waals surface area (Å²) in [5.74, 6) is 0.806. The van der Waals surface area contributed by atoms with Gasteiger partial charge in [0.2, 0.25) is 0 Å². The van der Waals surface area contributed by atoms with Crippen LogP contribution in [0, 0.1) is 5.92 Å². The minimum atomic E-state index is 0.303. The van der Waals surface area contributed by atoms with Gasteiger partial charge in [0, 0.05) is 0 Å². The predicted molar refractivity (Wildman–Crippen MR) is 50.1 cm³/mol. The van der Waals surface area contributed by atoms with Gasteiger partial charge in [-0.25, -0.2) is 0 Å². The summed E-state index contributed by atoms with van der Waals surface area (Å²) in [6.07, 6.45) is 8.57. The van der Waals surface area contributed by atoms with Gasteiger partial charge in [0.05, 0.1) is 11.7 Å². The van der Waals surface area contributed by atoms with Crippen LogP contribution in [0.4, 0.5) is 0 Å². The van der Waals surface area contributed by atoms with Crippen molar-refractivity contribution in [1.29, 1.82) is 0 Å². The molecule has 0 N–H and O–H groups in total. The molecule has 1 saturated carbocycles. The smallest absolute Gasteiger partial charge is 0.0711 e. The van der Waals surface area contributed by atoms with Gasteiger partial charge < -0.3 is 4.74 Å². The Bertz CT molecular complexity index is 166. The average Bonchev–Trinajstić information content (AvgIpc) is 2.33. The molecule has 1 saturated heterocycles. The molecule has 12 heavy (non-hydrogen) atoms. The first-order valence-electron chi connectivity index (χ1n) is 5.41. The second-order valence-electron chi connectivity index (χ2n) is 4.68. The van der Waals surface area contributed by atoms with E-state index in [1.807, 2.05) is 0 Å². The van der Waals surface area contributed by atoms with Crippen molar-refractivity contribution in [2.45, 2.75) is 64.1 Å². The molecular weight excluding hydrogens is 148 g/mol. The highest BCUT2D eigenvalue weighted by molar-refractivity contribution is 4.94.